The van der Waals surface area contributed by atoms with Gasteiger partial charge in [-0.15, -0.1) is 0 Å². The van der Waals surface area contributed by atoms with Gasteiger partial charge in [0.05, 0.1) is 11.7 Å². The van der Waals surface area contributed by atoms with Gasteiger partial charge in [0, 0.05) is 23.6 Å². The van der Waals surface area contributed by atoms with Crippen molar-refractivity contribution >= 4 is 28.9 Å². The number of nitrogens with two attached hydrogens (primary N) is 1. The highest BCUT2D eigenvalue weighted by Crippen LogP contribution is 2.32. The first kappa shape index (κ1) is 15.1. The van der Waals surface area contributed by atoms with Crippen LogP contribution in [0.25, 0.3) is 0 Å². The average Bonchev–Trinajstić information content (AvgIpc) is 2.42. The van der Waals surface area contributed by atoms with Gasteiger partial charge in [0.25, 0.3) is 0 Å². The molecule has 5 heteroatoms. The van der Waals surface area contributed by atoms with E-state index in [1.54, 1.807) is 42.3 Å². The molecular weight excluding hydrogens is 298 g/mol. The van der Waals surface area contributed by atoms with Crippen molar-refractivity contribution in [2.75, 3.05) is 18.5 Å². The van der Waals surface area contributed by atoms with E-state index in [1.165, 1.54) is 6.07 Å². The molecule has 2 N–H and O–H groups in total. The molecule has 0 radical (unpaired) electrons. The van der Waals surface area contributed by atoms with Crippen LogP contribution < -0.4 is 10.6 Å². The highest BCUT2D eigenvalue weighted by Gasteiger charge is 2.20. The number of anilines is 1. The first-order valence-corrected chi connectivity index (χ1v) is 6.92. The molecule has 2 aromatic carbocycles. The van der Waals surface area contributed by atoms with E-state index in [4.69, 9.17) is 28.9 Å². The van der Waals surface area contributed by atoms with Crippen LogP contribution in [0.2, 0.25) is 10.0 Å². The Labute approximate surface area is 127 Å². The summed E-state index contributed by atoms with van der Waals surface area (Å²) >= 11 is 12.1. The Kier molecular flexibility index (Phi) is 4.86. The van der Waals surface area contributed by atoms with Crippen LogP contribution in [0, 0.1) is 5.82 Å². The van der Waals surface area contributed by atoms with E-state index < -0.39 is 0 Å². The molecule has 0 aliphatic heterocycles. The normalized spacial score (nSPS) is 12.2. The Hall–Kier alpha value is -1.29. The minimum Gasteiger partial charge on any atom is -0.364 e. The van der Waals surface area contributed by atoms with Crippen molar-refractivity contribution in [1.29, 1.82) is 0 Å². The van der Waals surface area contributed by atoms with Crippen molar-refractivity contribution in [2.45, 2.75) is 6.04 Å². The van der Waals surface area contributed by atoms with Gasteiger partial charge in [-0.25, -0.2) is 4.39 Å². The van der Waals surface area contributed by atoms with E-state index >= 15 is 0 Å². The smallest absolute Gasteiger partial charge is 0.146 e. The highest BCUT2D eigenvalue weighted by molar-refractivity contribution is 6.35. The standard InChI is InChI=1S/C15H15Cl2FN2/c1-20(14-5-3-2-4-13(14)18)15(9-19)11-7-6-10(16)8-12(11)17/h2-8,15H,9,19H2,1H3. The number of halogens is 3. The Balaban J connectivity index is 2.39. The molecule has 0 aliphatic carbocycles. The third kappa shape index (κ3) is 3.06. The zero-order valence-electron chi connectivity index (χ0n) is 11.0. The van der Waals surface area contributed by atoms with Crippen LogP contribution >= 0.6 is 23.2 Å². The van der Waals surface area contributed by atoms with Crippen molar-refractivity contribution < 1.29 is 4.39 Å². The largest absolute Gasteiger partial charge is 0.364 e. The van der Waals surface area contributed by atoms with Gasteiger partial charge in [-0.3, -0.25) is 0 Å². The molecule has 0 spiro atoms. The fourth-order valence-electron chi connectivity index (χ4n) is 2.17. The second kappa shape index (κ2) is 6.44. The zero-order valence-corrected chi connectivity index (χ0v) is 12.5. The molecule has 0 saturated carbocycles. The summed E-state index contributed by atoms with van der Waals surface area (Å²) in [6.45, 7) is 0.312. The number of nitrogens with zero attached hydrogens (tertiary/aromatic N) is 1. The van der Waals surface area contributed by atoms with Crippen molar-refractivity contribution in [1.82, 2.24) is 0 Å². The fourth-order valence-corrected chi connectivity index (χ4v) is 2.71. The molecule has 20 heavy (non-hydrogen) atoms. The van der Waals surface area contributed by atoms with Gasteiger partial charge in [-0.05, 0) is 29.8 Å². The number of rotatable bonds is 4. The summed E-state index contributed by atoms with van der Waals surface area (Å²) in [5.74, 6) is -0.293. The van der Waals surface area contributed by atoms with Crippen LogP contribution in [0.3, 0.4) is 0 Å². The van der Waals surface area contributed by atoms with Crippen LogP contribution in [0.4, 0.5) is 10.1 Å². The lowest BCUT2D eigenvalue weighted by Crippen LogP contribution is -2.31. The van der Waals surface area contributed by atoms with E-state index in [2.05, 4.69) is 0 Å². The maximum atomic E-state index is 13.9. The van der Waals surface area contributed by atoms with Crippen molar-refractivity contribution in [3.05, 3.63) is 63.9 Å². The summed E-state index contributed by atoms with van der Waals surface area (Å²) in [5.41, 5.74) is 7.15. The molecule has 0 heterocycles. The minimum absolute atomic E-state index is 0.225. The Bertz CT molecular complexity index is 604. The second-order valence-corrected chi connectivity index (χ2v) is 5.32. The van der Waals surface area contributed by atoms with E-state index in [9.17, 15) is 4.39 Å². The summed E-state index contributed by atoms with van der Waals surface area (Å²) in [6.07, 6.45) is 0. The second-order valence-electron chi connectivity index (χ2n) is 4.48. The Morgan fingerprint density at radius 2 is 1.90 bits per heavy atom. The van der Waals surface area contributed by atoms with Gasteiger partial charge in [-0.2, -0.15) is 0 Å². The third-order valence-corrected chi connectivity index (χ3v) is 3.81. The minimum atomic E-state index is -0.293. The quantitative estimate of drug-likeness (QED) is 0.913. The molecule has 1 unspecified atom stereocenters. The zero-order chi connectivity index (χ0) is 14.7. The van der Waals surface area contributed by atoms with E-state index in [0.717, 1.165) is 5.56 Å². The lowest BCUT2D eigenvalue weighted by atomic mass is 10.0. The molecule has 2 nitrogen and oxygen atoms in total. The van der Waals surface area contributed by atoms with Gasteiger partial charge < -0.3 is 10.6 Å². The van der Waals surface area contributed by atoms with Gasteiger partial charge in [-0.1, -0.05) is 41.4 Å². The summed E-state index contributed by atoms with van der Waals surface area (Å²) in [4.78, 5) is 1.78. The molecule has 0 aliphatic rings. The van der Waals surface area contributed by atoms with E-state index in [-0.39, 0.29) is 11.9 Å². The number of benzene rings is 2. The van der Waals surface area contributed by atoms with Crippen LogP contribution in [0.15, 0.2) is 42.5 Å². The molecule has 1 atom stereocenters. The van der Waals surface area contributed by atoms with Gasteiger partial charge in [0.15, 0.2) is 0 Å². The van der Waals surface area contributed by atoms with Crippen LogP contribution in [-0.2, 0) is 0 Å². The predicted octanol–water partition coefficient (Wildman–Crippen LogP) is 4.27. The van der Waals surface area contributed by atoms with E-state index in [0.29, 0.717) is 22.3 Å². The lowest BCUT2D eigenvalue weighted by Gasteiger charge is -2.30. The SMILES string of the molecule is CN(c1ccccc1F)C(CN)c1ccc(Cl)cc1Cl. The van der Waals surface area contributed by atoms with Crippen LogP contribution in [-0.4, -0.2) is 13.6 Å². The number of hydrogen-bond acceptors (Lipinski definition) is 2. The number of likely N-dealkylation sites (N-methyl/N-ethyl adjacent to an activating group) is 1. The van der Waals surface area contributed by atoms with Crippen molar-refractivity contribution in [3.63, 3.8) is 0 Å². The lowest BCUT2D eigenvalue weighted by molar-refractivity contribution is 0.603. The van der Waals surface area contributed by atoms with Crippen molar-refractivity contribution in [2.24, 2.45) is 5.73 Å². The third-order valence-electron chi connectivity index (χ3n) is 3.24. The first-order chi connectivity index (χ1) is 9.54. The molecule has 0 saturated heterocycles. The Morgan fingerprint density at radius 3 is 2.50 bits per heavy atom. The maximum Gasteiger partial charge on any atom is 0.146 e. The molecule has 2 aromatic rings. The fraction of sp³-hybridized carbons (Fsp3) is 0.200. The van der Waals surface area contributed by atoms with E-state index in [1.807, 2.05) is 6.07 Å². The summed E-state index contributed by atoms with van der Waals surface area (Å²) in [7, 11) is 1.79. The maximum absolute atomic E-state index is 13.9. The Morgan fingerprint density at radius 1 is 1.20 bits per heavy atom. The van der Waals surface area contributed by atoms with Gasteiger partial charge in [0.2, 0.25) is 0 Å². The van der Waals surface area contributed by atoms with Gasteiger partial charge in [0.1, 0.15) is 5.82 Å². The number of hydrogen-bond donors (Lipinski definition) is 1. The highest BCUT2D eigenvalue weighted by atomic mass is 35.5. The summed E-state index contributed by atoms with van der Waals surface area (Å²) < 4.78 is 13.9. The molecule has 0 fully saturated rings. The molecule has 0 bridgehead atoms. The summed E-state index contributed by atoms with van der Waals surface area (Å²) in [5, 5.41) is 1.08. The van der Waals surface area contributed by atoms with Gasteiger partial charge >= 0.3 is 0 Å². The molecule has 0 amide bonds. The van der Waals surface area contributed by atoms with Crippen LogP contribution in [0.5, 0.6) is 0 Å². The van der Waals surface area contributed by atoms with Crippen molar-refractivity contribution in [3.8, 4) is 0 Å². The topological polar surface area (TPSA) is 29.3 Å². The summed E-state index contributed by atoms with van der Waals surface area (Å²) in [6, 6.07) is 11.6. The van der Waals surface area contributed by atoms with Crippen LogP contribution in [0.1, 0.15) is 11.6 Å². The molecular formula is C15H15Cl2FN2. The predicted molar refractivity (Wildman–Crippen MR) is 83.1 cm³/mol. The molecule has 2 rings (SSSR count). The number of para-hydroxylation sites is 1. The monoisotopic (exact) mass is 312 g/mol. The molecule has 0 aromatic heterocycles. The average molecular weight is 313 g/mol. The molecule has 106 valence electrons. The first-order valence-electron chi connectivity index (χ1n) is 6.17.